The second-order valence-electron chi connectivity index (χ2n) is 7.62. The predicted molar refractivity (Wildman–Crippen MR) is 119 cm³/mol. The SMILES string of the molecule is O=C(Cc1ncccn1)NCCN1CCOc2ccc(-c3ccc(OC(F)(F)F)cc3)cc2C1=O. The number of hydrogen-bond acceptors (Lipinski definition) is 6. The molecule has 0 saturated heterocycles. The van der Waals surface area contributed by atoms with Crippen LogP contribution in [0, 0.1) is 0 Å². The van der Waals surface area contributed by atoms with Gasteiger partial charge in [-0.2, -0.15) is 0 Å². The van der Waals surface area contributed by atoms with E-state index in [2.05, 4.69) is 20.0 Å². The number of carbonyl (C=O) groups excluding carboxylic acids is 2. The number of rotatable bonds is 7. The van der Waals surface area contributed by atoms with E-state index in [1.54, 1.807) is 41.6 Å². The predicted octanol–water partition coefficient (Wildman–Crippen LogP) is 3.24. The number of amides is 2. The molecule has 1 aliphatic heterocycles. The third-order valence-electron chi connectivity index (χ3n) is 5.18. The van der Waals surface area contributed by atoms with Gasteiger partial charge in [0, 0.05) is 25.5 Å². The summed E-state index contributed by atoms with van der Waals surface area (Å²) < 4.78 is 46.8. The molecule has 0 saturated carbocycles. The van der Waals surface area contributed by atoms with E-state index in [4.69, 9.17) is 4.74 Å². The number of ether oxygens (including phenoxy) is 2. The van der Waals surface area contributed by atoms with E-state index in [1.807, 2.05) is 0 Å². The van der Waals surface area contributed by atoms with Crippen molar-refractivity contribution in [3.8, 4) is 22.6 Å². The molecule has 8 nitrogen and oxygen atoms in total. The number of carbonyl (C=O) groups is 2. The molecule has 35 heavy (non-hydrogen) atoms. The van der Waals surface area contributed by atoms with Crippen molar-refractivity contribution in [2.24, 2.45) is 0 Å². The minimum atomic E-state index is -4.77. The molecule has 0 aliphatic carbocycles. The Labute approximate surface area is 198 Å². The number of halogens is 3. The van der Waals surface area contributed by atoms with Gasteiger partial charge in [0.25, 0.3) is 5.91 Å². The van der Waals surface area contributed by atoms with Crippen LogP contribution in [0.3, 0.4) is 0 Å². The molecule has 0 spiro atoms. The van der Waals surface area contributed by atoms with E-state index in [1.165, 1.54) is 24.3 Å². The lowest BCUT2D eigenvalue weighted by Gasteiger charge is -2.20. The minimum Gasteiger partial charge on any atom is -0.491 e. The fourth-order valence-electron chi connectivity index (χ4n) is 3.56. The van der Waals surface area contributed by atoms with Crippen molar-refractivity contribution < 1.29 is 32.2 Å². The van der Waals surface area contributed by atoms with Crippen molar-refractivity contribution in [3.05, 3.63) is 72.3 Å². The van der Waals surface area contributed by atoms with E-state index in [0.717, 1.165) is 0 Å². The summed E-state index contributed by atoms with van der Waals surface area (Å²) in [6.07, 6.45) is -1.62. The van der Waals surface area contributed by atoms with Gasteiger partial charge in [-0.1, -0.05) is 18.2 Å². The third kappa shape index (κ3) is 6.46. The van der Waals surface area contributed by atoms with Gasteiger partial charge in [0.15, 0.2) is 0 Å². The van der Waals surface area contributed by atoms with Crippen molar-refractivity contribution >= 4 is 11.8 Å². The third-order valence-corrected chi connectivity index (χ3v) is 5.18. The summed E-state index contributed by atoms with van der Waals surface area (Å²) in [5, 5.41) is 2.76. The van der Waals surface area contributed by atoms with E-state index >= 15 is 0 Å². The number of benzene rings is 2. The van der Waals surface area contributed by atoms with Crippen LogP contribution in [0.2, 0.25) is 0 Å². The lowest BCUT2D eigenvalue weighted by atomic mass is 10.0. The minimum absolute atomic E-state index is 0.0386. The molecule has 2 aromatic carbocycles. The van der Waals surface area contributed by atoms with Crippen LogP contribution in [-0.2, 0) is 11.2 Å². The van der Waals surface area contributed by atoms with Crippen LogP contribution < -0.4 is 14.8 Å². The first-order valence-electron chi connectivity index (χ1n) is 10.7. The molecule has 1 aromatic heterocycles. The fraction of sp³-hybridized carbons (Fsp3) is 0.250. The zero-order valence-electron chi connectivity index (χ0n) is 18.4. The van der Waals surface area contributed by atoms with E-state index in [-0.39, 0.29) is 43.7 Å². The van der Waals surface area contributed by atoms with E-state index in [9.17, 15) is 22.8 Å². The molecule has 2 amide bonds. The Kier molecular flexibility index (Phi) is 7.14. The summed E-state index contributed by atoms with van der Waals surface area (Å²) >= 11 is 0. The van der Waals surface area contributed by atoms with Gasteiger partial charge in [0.05, 0.1) is 18.5 Å². The first-order chi connectivity index (χ1) is 16.8. The highest BCUT2D eigenvalue weighted by Gasteiger charge is 2.31. The molecule has 1 aliphatic rings. The smallest absolute Gasteiger partial charge is 0.491 e. The summed E-state index contributed by atoms with van der Waals surface area (Å²) in [6.45, 7) is 1.14. The second-order valence-corrected chi connectivity index (χ2v) is 7.62. The monoisotopic (exact) mass is 486 g/mol. The second kappa shape index (κ2) is 10.4. The summed E-state index contributed by atoms with van der Waals surface area (Å²) in [7, 11) is 0. The number of nitrogens with one attached hydrogen (secondary N) is 1. The van der Waals surface area contributed by atoms with E-state index in [0.29, 0.717) is 34.8 Å². The molecule has 0 unspecified atom stereocenters. The maximum atomic E-state index is 13.2. The first-order valence-corrected chi connectivity index (χ1v) is 10.7. The summed E-state index contributed by atoms with van der Waals surface area (Å²) in [4.78, 5) is 34.9. The van der Waals surface area contributed by atoms with Crippen molar-refractivity contribution in [2.45, 2.75) is 12.8 Å². The largest absolute Gasteiger partial charge is 0.573 e. The van der Waals surface area contributed by atoms with Gasteiger partial charge >= 0.3 is 6.36 Å². The van der Waals surface area contributed by atoms with Crippen LogP contribution >= 0.6 is 0 Å². The van der Waals surface area contributed by atoms with Gasteiger partial charge in [-0.25, -0.2) is 9.97 Å². The summed E-state index contributed by atoms with van der Waals surface area (Å²) in [5.74, 6) is -0.0258. The Morgan fingerprint density at radius 3 is 2.51 bits per heavy atom. The average Bonchev–Trinajstić information content (AvgIpc) is 2.98. The molecule has 4 rings (SSSR count). The van der Waals surface area contributed by atoms with Crippen molar-refractivity contribution in [1.29, 1.82) is 0 Å². The number of aromatic nitrogens is 2. The van der Waals surface area contributed by atoms with Crippen molar-refractivity contribution in [2.75, 3.05) is 26.2 Å². The van der Waals surface area contributed by atoms with Crippen LogP contribution in [0.5, 0.6) is 11.5 Å². The Hall–Kier alpha value is -4.15. The highest BCUT2D eigenvalue weighted by Crippen LogP contribution is 2.31. The lowest BCUT2D eigenvalue weighted by Crippen LogP contribution is -2.39. The number of fused-ring (bicyclic) bond motifs is 1. The topological polar surface area (TPSA) is 93.7 Å². The van der Waals surface area contributed by atoms with Gasteiger partial charge in [-0.15, -0.1) is 13.2 Å². The van der Waals surface area contributed by atoms with Crippen LogP contribution in [0.1, 0.15) is 16.2 Å². The molecule has 0 bridgehead atoms. The quantitative estimate of drug-likeness (QED) is 0.551. The van der Waals surface area contributed by atoms with Crippen LogP contribution in [0.15, 0.2) is 60.9 Å². The molecule has 0 atom stereocenters. The van der Waals surface area contributed by atoms with Gasteiger partial charge in [-0.3, -0.25) is 9.59 Å². The molecule has 0 fully saturated rings. The summed E-state index contributed by atoms with van der Waals surface area (Å²) in [6, 6.07) is 12.1. The molecule has 0 radical (unpaired) electrons. The Balaban J connectivity index is 1.40. The van der Waals surface area contributed by atoms with Gasteiger partial charge < -0.3 is 19.7 Å². The van der Waals surface area contributed by atoms with Crippen molar-refractivity contribution in [1.82, 2.24) is 20.2 Å². The molecule has 2 heterocycles. The molecular weight excluding hydrogens is 465 g/mol. The van der Waals surface area contributed by atoms with Crippen LogP contribution in [-0.4, -0.2) is 59.3 Å². The molecule has 11 heteroatoms. The molecular formula is C24H21F3N4O4. The fourth-order valence-corrected chi connectivity index (χ4v) is 3.56. The maximum absolute atomic E-state index is 13.2. The lowest BCUT2D eigenvalue weighted by molar-refractivity contribution is -0.274. The molecule has 3 aromatic rings. The first kappa shape index (κ1) is 24.0. The van der Waals surface area contributed by atoms with Crippen LogP contribution in [0.4, 0.5) is 13.2 Å². The number of alkyl halides is 3. The Morgan fingerprint density at radius 2 is 1.80 bits per heavy atom. The standard InChI is InChI=1S/C24H21F3N4O4/c25-24(26,27)35-18-5-2-16(3-6-18)17-4-7-20-19(14-17)23(33)31(12-13-34-20)11-10-30-22(32)15-21-28-8-1-9-29-21/h1-9,14H,10-13,15H2,(H,30,32). The normalized spacial score (nSPS) is 13.5. The molecule has 1 N–H and O–H groups in total. The number of hydrogen-bond donors (Lipinski definition) is 1. The zero-order valence-corrected chi connectivity index (χ0v) is 18.4. The highest BCUT2D eigenvalue weighted by molar-refractivity contribution is 5.98. The average molecular weight is 486 g/mol. The van der Waals surface area contributed by atoms with Gasteiger partial charge in [0.2, 0.25) is 5.91 Å². The van der Waals surface area contributed by atoms with Gasteiger partial charge in [-0.05, 0) is 41.5 Å². The Morgan fingerprint density at radius 1 is 1.09 bits per heavy atom. The maximum Gasteiger partial charge on any atom is 0.573 e. The van der Waals surface area contributed by atoms with Crippen molar-refractivity contribution in [3.63, 3.8) is 0 Å². The molecule has 182 valence electrons. The van der Waals surface area contributed by atoms with Gasteiger partial charge in [0.1, 0.15) is 23.9 Å². The Bertz CT molecular complexity index is 1190. The number of nitrogens with zero attached hydrogens (tertiary/aromatic N) is 3. The van der Waals surface area contributed by atoms with E-state index < -0.39 is 6.36 Å². The van der Waals surface area contributed by atoms with Crippen LogP contribution in [0.25, 0.3) is 11.1 Å². The zero-order chi connectivity index (χ0) is 24.8. The summed E-state index contributed by atoms with van der Waals surface area (Å²) in [5.41, 5.74) is 1.58. The highest BCUT2D eigenvalue weighted by atomic mass is 19.4.